The van der Waals surface area contributed by atoms with Crippen molar-refractivity contribution in [2.45, 2.75) is 40.8 Å². The molecule has 0 atom stereocenters. The third-order valence-electron chi connectivity index (χ3n) is 8.41. The monoisotopic (exact) mass is 816 g/mol. The summed E-state index contributed by atoms with van der Waals surface area (Å²) in [4.78, 5) is 45.1. The first-order valence-corrected chi connectivity index (χ1v) is 19.3. The number of non-ortho nitro benzene ring substituents is 1. The summed E-state index contributed by atoms with van der Waals surface area (Å²) < 4.78 is 2.65. The minimum Gasteiger partial charge on any atom is -0.326 e. The number of carbonyl (C=O) groups is 2. The predicted molar refractivity (Wildman–Crippen MR) is 224 cm³/mol. The number of nitro groups is 1. The third-order valence-corrected chi connectivity index (χ3v) is 10.7. The van der Waals surface area contributed by atoms with Gasteiger partial charge in [0.15, 0.2) is 0 Å². The van der Waals surface area contributed by atoms with Gasteiger partial charge in [0.1, 0.15) is 0 Å². The number of hydrogen-bond acceptors (Lipinski definition) is 6. The molecule has 1 heterocycles. The first-order valence-electron chi connectivity index (χ1n) is 17.7. The molecule has 0 saturated carbocycles. The SMILES string of the molecule is Cc1ccc(C(=O)NCc2ccccc2)cc1.Cc1ccc(C(=O)O)cc1.Cc1cccc(C)c1-n1[se]c2ccc([N+](=O)[O-])cc2c1=O.NCc1ccccc1. The summed E-state index contributed by atoms with van der Waals surface area (Å²) in [5.74, 6) is -0.908. The van der Waals surface area contributed by atoms with E-state index < -0.39 is 10.9 Å². The van der Waals surface area contributed by atoms with Gasteiger partial charge in [0.25, 0.3) is 5.91 Å². The molecule has 7 rings (SSSR count). The van der Waals surface area contributed by atoms with Crippen molar-refractivity contribution >= 4 is 41.9 Å². The number of rotatable bonds is 7. The Hall–Kier alpha value is -6.39. The van der Waals surface area contributed by atoms with Gasteiger partial charge in [0, 0.05) is 18.7 Å². The number of benzene rings is 6. The van der Waals surface area contributed by atoms with Crippen molar-refractivity contribution in [3.8, 4) is 5.69 Å². The zero-order valence-corrected chi connectivity index (χ0v) is 33.4. The Labute approximate surface area is 332 Å². The predicted octanol–water partition coefficient (Wildman–Crippen LogP) is 8.34. The van der Waals surface area contributed by atoms with Crippen molar-refractivity contribution in [2.75, 3.05) is 0 Å². The maximum atomic E-state index is 12.6. The smallest absolute Gasteiger partial charge is 0.0178 e. The first kappa shape index (κ1) is 42.4. The molecule has 0 bridgehead atoms. The molecule has 0 unspecified atom stereocenters. The minimum absolute atomic E-state index is 0.0335. The van der Waals surface area contributed by atoms with Crippen LogP contribution in [0.1, 0.15) is 54.1 Å². The molecule has 10 nitrogen and oxygen atoms in total. The van der Waals surface area contributed by atoms with Gasteiger partial charge in [0.2, 0.25) is 0 Å². The summed E-state index contributed by atoms with van der Waals surface area (Å²) in [5, 5.41) is 22.7. The van der Waals surface area contributed by atoms with Crippen LogP contribution in [0.5, 0.6) is 0 Å². The van der Waals surface area contributed by atoms with Gasteiger partial charge >= 0.3 is 132 Å². The molecule has 6 aromatic carbocycles. The van der Waals surface area contributed by atoms with Gasteiger partial charge in [0.05, 0.1) is 5.56 Å². The fourth-order valence-electron chi connectivity index (χ4n) is 5.30. The quantitative estimate of drug-likeness (QED) is 0.0830. The van der Waals surface area contributed by atoms with Gasteiger partial charge in [-0.3, -0.25) is 4.79 Å². The maximum absolute atomic E-state index is 12.6. The Kier molecular flexibility index (Phi) is 15.8. The molecule has 0 radical (unpaired) electrons. The number of carbonyl (C=O) groups excluding carboxylic acids is 1. The van der Waals surface area contributed by atoms with E-state index in [0.29, 0.717) is 29.6 Å². The van der Waals surface area contributed by atoms with E-state index in [2.05, 4.69) is 5.32 Å². The Morgan fingerprint density at radius 2 is 1.23 bits per heavy atom. The van der Waals surface area contributed by atoms with Crippen LogP contribution in [0, 0.1) is 37.8 Å². The average molecular weight is 816 g/mol. The molecule has 0 fully saturated rings. The summed E-state index contributed by atoms with van der Waals surface area (Å²) in [6.45, 7) is 9.07. The van der Waals surface area contributed by atoms with Crippen molar-refractivity contribution in [3.63, 3.8) is 0 Å². The molecule has 0 saturated heterocycles. The van der Waals surface area contributed by atoms with E-state index in [1.165, 1.54) is 17.7 Å². The molecule has 1 aromatic heterocycles. The Morgan fingerprint density at radius 3 is 1.71 bits per heavy atom. The van der Waals surface area contributed by atoms with Gasteiger partial charge < -0.3 is 16.2 Å². The number of carboxylic acids is 1. The van der Waals surface area contributed by atoms with E-state index in [-0.39, 0.29) is 31.9 Å². The zero-order valence-electron chi connectivity index (χ0n) is 31.6. The summed E-state index contributed by atoms with van der Waals surface area (Å²) in [6, 6.07) is 44.6. The molecule has 11 heteroatoms. The maximum Gasteiger partial charge on any atom is 0.0178 e. The van der Waals surface area contributed by atoms with E-state index in [9.17, 15) is 24.5 Å². The minimum atomic E-state index is -0.875. The molecule has 7 aromatic rings. The second-order valence-corrected chi connectivity index (χ2v) is 14.8. The first-order chi connectivity index (χ1) is 26.9. The van der Waals surface area contributed by atoms with Gasteiger partial charge in [-0.1, -0.05) is 96.1 Å². The van der Waals surface area contributed by atoms with Crippen molar-refractivity contribution in [3.05, 3.63) is 211 Å². The molecule has 0 aliphatic rings. The molecular formula is C45H44N4O6Se. The molecule has 1 amide bonds. The number of aromatic carboxylic acids is 1. The van der Waals surface area contributed by atoms with Crippen LogP contribution in [0.25, 0.3) is 15.3 Å². The van der Waals surface area contributed by atoms with Gasteiger partial charge in [-0.25, -0.2) is 4.79 Å². The van der Waals surface area contributed by atoms with E-state index in [1.807, 2.05) is 131 Å². The van der Waals surface area contributed by atoms with Crippen LogP contribution in [0.3, 0.4) is 0 Å². The number of nitrogens with zero attached hydrogens (tertiary/aromatic N) is 2. The number of hydrogen-bond donors (Lipinski definition) is 3. The summed E-state index contributed by atoms with van der Waals surface area (Å²) in [7, 11) is 0. The number of aryl methyl sites for hydroxylation is 4. The third kappa shape index (κ3) is 12.3. The number of aromatic nitrogens is 1. The normalized spacial score (nSPS) is 10.1. The van der Waals surface area contributed by atoms with E-state index >= 15 is 0 Å². The largest absolute Gasteiger partial charge is 0.326 e. The van der Waals surface area contributed by atoms with Crippen LogP contribution in [0.15, 0.2) is 150 Å². The standard InChI is InChI=1S/C15H12N2O3Se.C15H15NO.C8H8O2.C7H9N/c1-9-4-3-5-10(2)14(9)16-15(18)12-8-11(17(19)20)6-7-13(12)21-16;1-12-7-9-14(10-8-12)15(17)16-11-13-5-3-2-4-6-13;1-6-2-4-7(5-3-6)8(9)10;8-6-7-4-2-1-3-5-7/h3-8H,1-2H3;2-10H,11H2,1H3,(H,16,17);2-5H,1H3,(H,9,10);1-5H,6,8H2. The summed E-state index contributed by atoms with van der Waals surface area (Å²) in [6.07, 6.45) is 0. The zero-order chi connectivity index (χ0) is 40.6. The van der Waals surface area contributed by atoms with Crippen LogP contribution in [-0.4, -0.2) is 40.2 Å². The molecule has 4 N–H and O–H groups in total. The van der Waals surface area contributed by atoms with E-state index in [0.717, 1.165) is 37.8 Å². The van der Waals surface area contributed by atoms with Gasteiger partial charge in [-0.2, -0.15) is 0 Å². The topological polar surface area (TPSA) is 158 Å². The van der Waals surface area contributed by atoms with Crippen LogP contribution < -0.4 is 16.6 Å². The van der Waals surface area contributed by atoms with Crippen molar-refractivity contribution in [2.24, 2.45) is 5.73 Å². The Morgan fingerprint density at radius 1 is 0.714 bits per heavy atom. The van der Waals surface area contributed by atoms with E-state index in [4.69, 9.17) is 10.8 Å². The van der Waals surface area contributed by atoms with Crippen molar-refractivity contribution in [1.29, 1.82) is 0 Å². The Balaban J connectivity index is 0.000000177. The van der Waals surface area contributed by atoms with E-state index in [1.54, 1.807) is 33.9 Å². The number of nitrogens with two attached hydrogens (primary N) is 1. The molecule has 286 valence electrons. The van der Waals surface area contributed by atoms with Crippen LogP contribution in [0.4, 0.5) is 5.69 Å². The number of nitro benzene ring substituents is 1. The van der Waals surface area contributed by atoms with Crippen molar-refractivity contribution < 1.29 is 19.6 Å². The summed E-state index contributed by atoms with van der Waals surface area (Å²) in [5.41, 5.74) is 13.7. The number of amides is 1. The molecule has 56 heavy (non-hydrogen) atoms. The molecule has 0 aliphatic carbocycles. The van der Waals surface area contributed by atoms with Crippen LogP contribution >= 0.6 is 0 Å². The second-order valence-electron chi connectivity index (χ2n) is 12.8. The van der Waals surface area contributed by atoms with Crippen molar-refractivity contribution in [1.82, 2.24) is 8.88 Å². The number of fused-ring (bicyclic) bond motifs is 1. The second kappa shape index (κ2) is 20.9. The summed E-state index contributed by atoms with van der Waals surface area (Å²) >= 11 is -0.182. The number of para-hydroxylation sites is 1. The average Bonchev–Trinajstić information content (AvgIpc) is 3.53. The van der Waals surface area contributed by atoms with Gasteiger partial charge in [-0.15, -0.1) is 0 Å². The van der Waals surface area contributed by atoms with Crippen LogP contribution in [-0.2, 0) is 13.1 Å². The van der Waals surface area contributed by atoms with Crippen LogP contribution in [0.2, 0.25) is 0 Å². The fourth-order valence-corrected chi connectivity index (χ4v) is 7.67. The molecular weight excluding hydrogens is 771 g/mol. The fraction of sp³-hybridized carbons (Fsp3) is 0.133. The Bertz CT molecular complexity index is 2410. The molecule has 0 aliphatic heterocycles. The number of nitrogens with one attached hydrogen (secondary N) is 1. The van der Waals surface area contributed by atoms with Gasteiger partial charge in [-0.05, 0) is 49.2 Å². The molecule has 0 spiro atoms. The number of carboxylic acid groups (broad SMARTS) is 1.